The van der Waals surface area contributed by atoms with Crippen molar-refractivity contribution in [3.05, 3.63) is 66.2 Å². The summed E-state index contributed by atoms with van der Waals surface area (Å²) in [5.74, 6) is 3.43. The molecule has 1 aromatic heterocycles. The third-order valence-electron chi connectivity index (χ3n) is 7.20. The molecule has 0 saturated carbocycles. The lowest BCUT2D eigenvalue weighted by Gasteiger charge is -2.19. The van der Waals surface area contributed by atoms with Gasteiger partial charge in [0.05, 0.1) is 32.4 Å². The van der Waals surface area contributed by atoms with Crippen molar-refractivity contribution in [3.63, 3.8) is 0 Å². The Morgan fingerprint density at radius 1 is 0.789 bits per heavy atom. The van der Waals surface area contributed by atoms with Gasteiger partial charge in [-0.15, -0.1) is 0 Å². The minimum Gasteiger partial charge on any atom is -0.493 e. The van der Waals surface area contributed by atoms with E-state index in [0.29, 0.717) is 30.4 Å². The fourth-order valence-electron chi connectivity index (χ4n) is 5.20. The lowest BCUT2D eigenvalue weighted by atomic mass is 10.1. The van der Waals surface area contributed by atoms with Gasteiger partial charge in [0.2, 0.25) is 5.75 Å². The number of likely N-dealkylation sites (tertiary alicyclic amines) is 1. The lowest BCUT2D eigenvalue weighted by Crippen LogP contribution is -2.29. The number of hydrogen-bond donors (Lipinski definition) is 0. The number of nitrogens with zero attached hydrogens (tertiary/aromatic N) is 3. The largest absolute Gasteiger partial charge is 0.493 e. The SMILES string of the molecule is COc1cc(-c2nc3ccc(OCCN4CCCCCC4)cc3n2Cc2ccccc2)cc(OC)c1OC. The van der Waals surface area contributed by atoms with Crippen LogP contribution in [-0.4, -0.2) is 62.0 Å². The molecule has 0 amide bonds. The Morgan fingerprint density at radius 2 is 1.50 bits per heavy atom. The van der Waals surface area contributed by atoms with Crippen molar-refractivity contribution in [1.82, 2.24) is 14.5 Å². The van der Waals surface area contributed by atoms with E-state index in [-0.39, 0.29) is 0 Å². The summed E-state index contributed by atoms with van der Waals surface area (Å²) in [4.78, 5) is 7.56. The van der Waals surface area contributed by atoms with Crippen LogP contribution in [0.5, 0.6) is 23.0 Å². The Bertz CT molecular complexity index is 1320. The highest BCUT2D eigenvalue weighted by Crippen LogP contribution is 2.41. The highest BCUT2D eigenvalue weighted by atomic mass is 16.5. The Labute approximate surface area is 224 Å². The quantitative estimate of drug-likeness (QED) is 0.257. The molecule has 0 aliphatic carbocycles. The molecular formula is C31H37N3O4. The Morgan fingerprint density at radius 3 is 2.16 bits per heavy atom. The summed E-state index contributed by atoms with van der Waals surface area (Å²) in [5.41, 5.74) is 4.00. The summed E-state index contributed by atoms with van der Waals surface area (Å²) in [6.07, 6.45) is 5.25. The molecule has 0 atom stereocenters. The molecule has 1 saturated heterocycles. The standard InChI is InChI=1S/C31H37N3O4/c1-35-28-19-24(20-29(36-2)30(28)37-3)31-32-26-14-13-25(38-18-17-33-15-9-4-5-10-16-33)21-27(26)34(31)22-23-11-7-6-8-12-23/h6-8,11-14,19-21H,4-5,9-10,15-18,22H2,1-3H3. The second-order valence-corrected chi connectivity index (χ2v) is 9.68. The summed E-state index contributed by atoms with van der Waals surface area (Å²) >= 11 is 0. The average molecular weight is 516 g/mol. The molecule has 7 heteroatoms. The van der Waals surface area contributed by atoms with Crippen molar-refractivity contribution >= 4 is 11.0 Å². The summed E-state index contributed by atoms with van der Waals surface area (Å²) in [6.45, 7) is 4.64. The number of rotatable bonds is 10. The molecular weight excluding hydrogens is 478 g/mol. The third kappa shape index (κ3) is 5.73. The minimum absolute atomic E-state index is 0.560. The van der Waals surface area contributed by atoms with Gasteiger partial charge in [-0.1, -0.05) is 43.2 Å². The van der Waals surface area contributed by atoms with Crippen LogP contribution in [0.4, 0.5) is 0 Å². The maximum Gasteiger partial charge on any atom is 0.203 e. The van der Waals surface area contributed by atoms with Crippen LogP contribution in [-0.2, 0) is 6.54 Å². The predicted molar refractivity (Wildman–Crippen MR) is 151 cm³/mol. The molecule has 0 bridgehead atoms. The molecule has 5 rings (SSSR count). The summed E-state index contributed by atoms with van der Waals surface area (Å²) in [6, 6.07) is 20.5. The monoisotopic (exact) mass is 515 g/mol. The average Bonchev–Trinajstić information content (AvgIpc) is 3.11. The number of hydrogen-bond acceptors (Lipinski definition) is 6. The smallest absolute Gasteiger partial charge is 0.203 e. The highest BCUT2D eigenvalue weighted by Gasteiger charge is 2.20. The van der Waals surface area contributed by atoms with Crippen LogP contribution in [0.1, 0.15) is 31.2 Å². The predicted octanol–water partition coefficient (Wildman–Crippen LogP) is 6.03. The molecule has 38 heavy (non-hydrogen) atoms. The van der Waals surface area contributed by atoms with Crippen LogP contribution in [0.25, 0.3) is 22.4 Å². The van der Waals surface area contributed by atoms with E-state index < -0.39 is 0 Å². The lowest BCUT2D eigenvalue weighted by molar-refractivity contribution is 0.214. The highest BCUT2D eigenvalue weighted by molar-refractivity contribution is 5.83. The van der Waals surface area contributed by atoms with E-state index in [4.69, 9.17) is 23.9 Å². The fraction of sp³-hybridized carbons (Fsp3) is 0.387. The minimum atomic E-state index is 0.560. The summed E-state index contributed by atoms with van der Waals surface area (Å²) < 4.78 is 25.3. The second kappa shape index (κ2) is 12.2. The molecule has 0 radical (unpaired) electrons. The van der Waals surface area contributed by atoms with E-state index >= 15 is 0 Å². The molecule has 1 aliphatic rings. The Kier molecular flexibility index (Phi) is 8.34. The fourth-order valence-corrected chi connectivity index (χ4v) is 5.20. The van der Waals surface area contributed by atoms with Crippen LogP contribution in [0, 0.1) is 0 Å². The van der Waals surface area contributed by atoms with Gasteiger partial charge in [0.25, 0.3) is 0 Å². The number of fused-ring (bicyclic) bond motifs is 1. The van der Waals surface area contributed by atoms with Crippen LogP contribution in [0.3, 0.4) is 0 Å². The molecule has 3 aromatic carbocycles. The van der Waals surface area contributed by atoms with Crippen LogP contribution < -0.4 is 18.9 Å². The van der Waals surface area contributed by atoms with Gasteiger partial charge < -0.3 is 23.5 Å². The first-order chi connectivity index (χ1) is 18.7. The number of benzene rings is 3. The van der Waals surface area contributed by atoms with Gasteiger partial charge in [-0.25, -0.2) is 4.98 Å². The van der Waals surface area contributed by atoms with Crippen molar-refractivity contribution in [2.45, 2.75) is 32.2 Å². The molecule has 200 valence electrons. The van der Waals surface area contributed by atoms with Crippen LogP contribution in [0.15, 0.2) is 60.7 Å². The number of methoxy groups -OCH3 is 3. The van der Waals surface area contributed by atoms with Gasteiger partial charge in [-0.3, -0.25) is 4.90 Å². The first-order valence-electron chi connectivity index (χ1n) is 13.4. The van der Waals surface area contributed by atoms with E-state index in [1.807, 2.05) is 30.3 Å². The number of imidazole rings is 1. The van der Waals surface area contributed by atoms with Crippen LogP contribution in [0.2, 0.25) is 0 Å². The van der Waals surface area contributed by atoms with Crippen molar-refractivity contribution in [3.8, 4) is 34.4 Å². The molecule has 0 N–H and O–H groups in total. The molecule has 1 fully saturated rings. The zero-order valence-corrected chi connectivity index (χ0v) is 22.6. The zero-order chi connectivity index (χ0) is 26.3. The van der Waals surface area contributed by atoms with E-state index in [0.717, 1.165) is 34.7 Å². The topological polar surface area (TPSA) is 58.0 Å². The molecule has 7 nitrogen and oxygen atoms in total. The Hall–Kier alpha value is -3.71. The number of ether oxygens (including phenoxy) is 4. The molecule has 0 unspecified atom stereocenters. The van der Waals surface area contributed by atoms with Crippen molar-refractivity contribution in [1.29, 1.82) is 0 Å². The van der Waals surface area contributed by atoms with Crippen molar-refractivity contribution in [2.75, 3.05) is 47.6 Å². The van der Waals surface area contributed by atoms with E-state index in [2.05, 4.69) is 39.8 Å². The van der Waals surface area contributed by atoms with Gasteiger partial charge in [0, 0.05) is 24.7 Å². The van der Waals surface area contributed by atoms with Crippen LogP contribution >= 0.6 is 0 Å². The van der Waals surface area contributed by atoms with E-state index in [9.17, 15) is 0 Å². The van der Waals surface area contributed by atoms with Gasteiger partial charge in [-0.05, 0) is 55.8 Å². The van der Waals surface area contributed by atoms with Gasteiger partial charge in [0.15, 0.2) is 11.5 Å². The first-order valence-corrected chi connectivity index (χ1v) is 13.4. The van der Waals surface area contributed by atoms with E-state index in [1.165, 1.54) is 44.3 Å². The van der Waals surface area contributed by atoms with Gasteiger partial charge in [-0.2, -0.15) is 0 Å². The summed E-state index contributed by atoms with van der Waals surface area (Å²) in [7, 11) is 4.87. The molecule has 1 aliphatic heterocycles. The maximum atomic E-state index is 6.24. The molecule has 0 spiro atoms. The van der Waals surface area contributed by atoms with Gasteiger partial charge >= 0.3 is 0 Å². The molecule has 2 heterocycles. The first kappa shape index (κ1) is 25.9. The number of aromatic nitrogens is 2. The van der Waals surface area contributed by atoms with E-state index in [1.54, 1.807) is 21.3 Å². The zero-order valence-electron chi connectivity index (χ0n) is 22.6. The maximum absolute atomic E-state index is 6.24. The van der Waals surface area contributed by atoms with Crippen molar-refractivity contribution in [2.24, 2.45) is 0 Å². The third-order valence-corrected chi connectivity index (χ3v) is 7.20. The summed E-state index contributed by atoms with van der Waals surface area (Å²) in [5, 5.41) is 0. The van der Waals surface area contributed by atoms with Crippen molar-refractivity contribution < 1.29 is 18.9 Å². The second-order valence-electron chi connectivity index (χ2n) is 9.68. The molecule has 4 aromatic rings. The van der Waals surface area contributed by atoms with Gasteiger partial charge in [0.1, 0.15) is 18.2 Å². The Balaban J connectivity index is 1.50. The normalized spacial score (nSPS) is 14.3.